The van der Waals surface area contributed by atoms with Gasteiger partial charge < -0.3 is 30.2 Å². The number of ether oxygens (including phenoxy) is 1. The van der Waals surface area contributed by atoms with E-state index < -0.39 is 52.8 Å². The number of nitrogens with zero attached hydrogens (tertiary/aromatic N) is 3. The van der Waals surface area contributed by atoms with Crippen LogP contribution in [0.3, 0.4) is 0 Å². The van der Waals surface area contributed by atoms with Crippen LogP contribution in [0, 0.1) is 5.41 Å². The van der Waals surface area contributed by atoms with Gasteiger partial charge in [0.2, 0.25) is 18.9 Å². The molecule has 1 aromatic rings. The molecule has 194 valence electrons. The molecule has 0 radical (unpaired) electrons. The van der Waals surface area contributed by atoms with Crippen molar-refractivity contribution >= 4 is 64.1 Å². The fraction of sp³-hybridized carbons (Fsp3) is 0.476. The highest BCUT2D eigenvalue weighted by Crippen LogP contribution is 2.42. The number of esters is 1. The van der Waals surface area contributed by atoms with Crippen molar-refractivity contribution in [2.75, 3.05) is 24.2 Å². The van der Waals surface area contributed by atoms with Crippen LogP contribution in [0.2, 0.25) is 0 Å². The lowest BCUT2D eigenvalue weighted by atomic mass is 9.87. The van der Waals surface area contributed by atoms with Gasteiger partial charge in [-0.15, -0.1) is 29.7 Å². The first-order chi connectivity index (χ1) is 16.9. The lowest BCUT2D eigenvalue weighted by Crippen LogP contribution is -2.73. The van der Waals surface area contributed by atoms with Crippen LogP contribution in [0.5, 0.6) is 0 Å². The molecule has 0 saturated carbocycles. The third-order valence-electron chi connectivity index (χ3n) is 5.11. The fourth-order valence-electron chi connectivity index (χ4n) is 3.37. The molecule has 3 rings (SSSR count). The second-order valence-corrected chi connectivity index (χ2v) is 10.8. The number of carbonyl (C=O) groups is 5. The van der Waals surface area contributed by atoms with Crippen LogP contribution in [0.1, 0.15) is 26.5 Å². The number of hydrogen-bond acceptors (Lipinski definition) is 11. The zero-order valence-electron chi connectivity index (χ0n) is 19.7. The highest BCUT2D eigenvalue weighted by molar-refractivity contribution is 8.00. The molecule has 3 atom stereocenters. The van der Waals surface area contributed by atoms with E-state index in [1.807, 2.05) is 0 Å². The Balaban J connectivity index is 1.73. The Labute approximate surface area is 214 Å². The molecule has 1 aromatic heterocycles. The molecule has 0 aromatic carbocycles. The Morgan fingerprint density at radius 2 is 2.14 bits per heavy atom. The quantitative estimate of drug-likeness (QED) is 0.0943. The van der Waals surface area contributed by atoms with Crippen LogP contribution in [0.25, 0.3) is 0 Å². The van der Waals surface area contributed by atoms with Gasteiger partial charge in [-0.1, -0.05) is 11.2 Å². The van der Waals surface area contributed by atoms with Gasteiger partial charge in [0.1, 0.15) is 28.1 Å². The van der Waals surface area contributed by atoms with Gasteiger partial charge in [-0.25, -0.2) is 9.78 Å². The van der Waals surface area contributed by atoms with Gasteiger partial charge in [-0.3, -0.25) is 19.2 Å². The highest BCUT2D eigenvalue weighted by atomic mass is 32.2. The van der Waals surface area contributed by atoms with Crippen LogP contribution in [0.4, 0.5) is 5.13 Å². The summed E-state index contributed by atoms with van der Waals surface area (Å²) < 4.78 is 5.13. The van der Waals surface area contributed by atoms with Gasteiger partial charge in [-0.2, -0.15) is 0 Å². The fourth-order valence-corrected chi connectivity index (χ4v) is 5.56. The van der Waals surface area contributed by atoms with Crippen LogP contribution in [0.15, 0.2) is 23.2 Å². The Bertz CT molecular complexity index is 1110. The number of oxime groups is 1. The predicted molar refractivity (Wildman–Crippen MR) is 130 cm³/mol. The second-order valence-electron chi connectivity index (χ2n) is 8.88. The molecule has 2 aliphatic heterocycles. The van der Waals surface area contributed by atoms with Gasteiger partial charge in [0.25, 0.3) is 5.91 Å². The van der Waals surface area contributed by atoms with Crippen molar-refractivity contribution in [1.29, 1.82) is 0 Å². The van der Waals surface area contributed by atoms with Crippen molar-refractivity contribution in [3.8, 4) is 0 Å². The molecule has 0 bridgehead atoms. The number of aromatic nitrogens is 1. The first-order valence-corrected chi connectivity index (χ1v) is 12.5. The van der Waals surface area contributed by atoms with E-state index in [1.165, 1.54) is 28.1 Å². The highest BCUT2D eigenvalue weighted by Gasteiger charge is 2.56. The van der Waals surface area contributed by atoms with Gasteiger partial charge >= 0.3 is 11.9 Å². The molecule has 3 heterocycles. The number of carboxylic acids is 1. The summed E-state index contributed by atoms with van der Waals surface area (Å²) in [4.78, 5) is 70.6. The molecule has 2 unspecified atom stereocenters. The summed E-state index contributed by atoms with van der Waals surface area (Å²) in [6.45, 7) is 8.00. The van der Waals surface area contributed by atoms with Gasteiger partial charge in [0.05, 0.1) is 0 Å². The number of anilines is 1. The van der Waals surface area contributed by atoms with Gasteiger partial charge in [0, 0.05) is 17.7 Å². The Kier molecular flexibility index (Phi) is 8.03. The van der Waals surface area contributed by atoms with E-state index >= 15 is 0 Å². The molecule has 0 spiro atoms. The minimum atomic E-state index is -1.27. The normalized spacial score (nSPS) is 23.6. The first-order valence-electron chi connectivity index (χ1n) is 10.6. The van der Waals surface area contributed by atoms with Crippen LogP contribution in [-0.2, 0) is 33.5 Å². The zero-order valence-corrected chi connectivity index (χ0v) is 21.3. The van der Waals surface area contributed by atoms with Crippen molar-refractivity contribution in [2.24, 2.45) is 10.6 Å². The maximum atomic E-state index is 13.1. The molecule has 2 aliphatic rings. The summed E-state index contributed by atoms with van der Waals surface area (Å²) in [5.74, 6) is -2.87. The van der Waals surface area contributed by atoms with E-state index in [1.54, 1.807) is 20.8 Å². The maximum absolute atomic E-state index is 13.1. The summed E-state index contributed by atoms with van der Waals surface area (Å²) in [6.07, 6.45) is 1.73. The predicted octanol–water partition coefficient (Wildman–Crippen LogP) is 0.431. The van der Waals surface area contributed by atoms with E-state index in [0.717, 1.165) is 11.3 Å². The van der Waals surface area contributed by atoms with Crippen molar-refractivity contribution < 1.29 is 38.7 Å². The number of amides is 3. The van der Waals surface area contributed by atoms with Gasteiger partial charge in [-0.05, 0) is 20.8 Å². The topological polar surface area (TPSA) is 177 Å². The molecule has 15 heteroatoms. The summed E-state index contributed by atoms with van der Waals surface area (Å²) >= 11 is 2.24. The average Bonchev–Trinajstić information content (AvgIpc) is 3.26. The third-order valence-corrected chi connectivity index (χ3v) is 7.43. The van der Waals surface area contributed by atoms with Crippen molar-refractivity contribution in [1.82, 2.24) is 15.2 Å². The summed E-state index contributed by atoms with van der Waals surface area (Å²) in [6, 6.07) is -0.929. The van der Waals surface area contributed by atoms with E-state index in [2.05, 4.69) is 27.4 Å². The first kappa shape index (κ1) is 27.1. The van der Waals surface area contributed by atoms with Crippen LogP contribution < -0.4 is 10.6 Å². The summed E-state index contributed by atoms with van der Waals surface area (Å²) in [7, 11) is 0. The summed E-state index contributed by atoms with van der Waals surface area (Å²) in [5, 5.41) is 19.4. The molecular weight excluding hydrogens is 514 g/mol. The Morgan fingerprint density at radius 3 is 2.75 bits per heavy atom. The van der Waals surface area contributed by atoms with Crippen molar-refractivity contribution in [3.63, 3.8) is 0 Å². The monoisotopic (exact) mass is 539 g/mol. The van der Waals surface area contributed by atoms with Crippen molar-refractivity contribution in [2.45, 2.75) is 37.8 Å². The number of fused-ring (bicyclic) bond motifs is 1. The smallest absolute Gasteiger partial charge is 0.347 e. The molecule has 3 N–H and O–H groups in total. The molecule has 2 fully saturated rings. The number of hydrogen-bond donors (Lipinski definition) is 3. The third kappa shape index (κ3) is 5.84. The lowest BCUT2D eigenvalue weighted by Gasteiger charge is -2.53. The molecule has 36 heavy (non-hydrogen) atoms. The minimum Gasteiger partial charge on any atom is -0.481 e. The number of thiazole rings is 1. The number of rotatable bonds is 10. The number of aliphatic carboxylic acids is 1. The molecule has 2 saturated heterocycles. The molecule has 0 aliphatic carbocycles. The van der Waals surface area contributed by atoms with Crippen LogP contribution in [-0.4, -0.2) is 86.8 Å². The zero-order chi connectivity index (χ0) is 26.7. The number of thioether (sulfide) groups is 1. The maximum Gasteiger partial charge on any atom is 0.347 e. The van der Waals surface area contributed by atoms with E-state index in [-0.39, 0.29) is 28.8 Å². The number of β-lactam (4-membered cyclic amide) rings is 1. The number of carbonyl (C=O) groups excluding carboxylic acids is 4. The largest absolute Gasteiger partial charge is 0.481 e. The van der Waals surface area contributed by atoms with Gasteiger partial charge in [0.15, 0.2) is 10.8 Å². The standard InChI is InChI=1S/C21H25N5O8S2/c1-5-21(18(31)32)8-26-16(30)14(17(26)36-9-21)24-15(29)13(11-7-35-19(23-11)22-10-27)25-33-6-12(28)34-20(2,3)4/h5,7,10,14,17H,1,6,8-9H2,2-4H3,(H,24,29)(H,31,32)(H,22,23,27)/t14?,17-,21?/m1/s1. The second kappa shape index (κ2) is 10.7. The Morgan fingerprint density at radius 1 is 1.42 bits per heavy atom. The summed E-state index contributed by atoms with van der Waals surface area (Å²) in [5.41, 5.74) is -2.29. The number of nitrogens with one attached hydrogen (secondary N) is 2. The molecule has 3 amide bonds. The number of carboxylic acid groups (broad SMARTS) is 1. The van der Waals surface area contributed by atoms with E-state index in [4.69, 9.17) is 9.57 Å². The molecular formula is C21H25N5O8S2. The van der Waals surface area contributed by atoms with E-state index in [0.29, 0.717) is 6.41 Å². The Hall–Kier alpha value is -3.46. The average molecular weight is 540 g/mol. The SMILES string of the molecule is C=CC1(C(=O)O)CS[C@@H]2C(NC(=O)C(=NOCC(=O)OC(C)(C)C)c3csc(NC=O)n3)C(=O)N2C1. The minimum absolute atomic E-state index is 0.0440. The van der Waals surface area contributed by atoms with Crippen LogP contribution >= 0.6 is 23.1 Å². The lowest BCUT2D eigenvalue weighted by molar-refractivity contribution is -0.160. The van der Waals surface area contributed by atoms with Crippen molar-refractivity contribution in [3.05, 3.63) is 23.7 Å². The van der Waals surface area contributed by atoms with E-state index in [9.17, 15) is 29.1 Å². The molecule has 13 nitrogen and oxygen atoms in total.